The number of carbonyl (C=O) groups excluding carboxylic acids is 1. The van der Waals surface area contributed by atoms with Crippen molar-refractivity contribution in [2.24, 2.45) is 7.05 Å². The molecule has 0 fully saturated rings. The van der Waals surface area contributed by atoms with E-state index in [0.29, 0.717) is 26.1 Å². The molecule has 0 N–H and O–H groups in total. The number of esters is 1. The van der Waals surface area contributed by atoms with E-state index in [2.05, 4.69) is 40.7 Å². The van der Waals surface area contributed by atoms with Gasteiger partial charge in [-0.05, 0) is 43.0 Å². The van der Waals surface area contributed by atoms with Crippen molar-refractivity contribution in [2.45, 2.75) is 39.5 Å². The van der Waals surface area contributed by atoms with Crippen LogP contribution in [0.4, 0.5) is 0 Å². The molecule has 0 bridgehead atoms. The minimum Gasteiger partial charge on any atom is -0.493 e. The molecule has 0 spiro atoms. The van der Waals surface area contributed by atoms with E-state index < -0.39 is 0 Å². The zero-order valence-corrected chi connectivity index (χ0v) is 18.1. The van der Waals surface area contributed by atoms with Crippen LogP contribution in [0.25, 0.3) is 11.4 Å². The van der Waals surface area contributed by atoms with Crippen LogP contribution in [0.1, 0.15) is 37.1 Å². The average molecular weight is 407 g/mol. The van der Waals surface area contributed by atoms with Crippen molar-refractivity contribution in [3.63, 3.8) is 0 Å². The van der Waals surface area contributed by atoms with Crippen LogP contribution in [-0.2, 0) is 35.8 Å². The molecule has 0 aliphatic rings. The highest BCUT2D eigenvalue weighted by Gasteiger charge is 2.10. The molecule has 5 nitrogen and oxygen atoms in total. The number of benzene rings is 2. The maximum Gasteiger partial charge on any atom is 0.306 e. The summed E-state index contributed by atoms with van der Waals surface area (Å²) in [6.45, 7) is 4.96. The van der Waals surface area contributed by atoms with Crippen molar-refractivity contribution in [2.75, 3.05) is 13.2 Å². The van der Waals surface area contributed by atoms with Gasteiger partial charge in [0.15, 0.2) is 0 Å². The van der Waals surface area contributed by atoms with E-state index in [-0.39, 0.29) is 5.97 Å². The molecule has 0 saturated carbocycles. The third kappa shape index (κ3) is 5.50. The zero-order chi connectivity index (χ0) is 21.3. The molecule has 0 radical (unpaired) electrons. The van der Waals surface area contributed by atoms with Crippen LogP contribution < -0.4 is 4.74 Å². The second-order valence-electron chi connectivity index (χ2n) is 7.19. The van der Waals surface area contributed by atoms with Gasteiger partial charge in [-0.2, -0.15) is 0 Å². The molecule has 0 unspecified atom stereocenters. The molecule has 0 saturated heterocycles. The van der Waals surface area contributed by atoms with Crippen LogP contribution in [0.3, 0.4) is 0 Å². The fourth-order valence-corrected chi connectivity index (χ4v) is 3.54. The summed E-state index contributed by atoms with van der Waals surface area (Å²) >= 11 is 0. The van der Waals surface area contributed by atoms with Gasteiger partial charge >= 0.3 is 5.97 Å². The van der Waals surface area contributed by atoms with Crippen LogP contribution in [-0.4, -0.2) is 28.7 Å². The Hall–Kier alpha value is -3.08. The lowest BCUT2D eigenvalue weighted by Gasteiger charge is -2.12. The quantitative estimate of drug-likeness (QED) is 0.455. The number of aryl methyl sites for hydroxylation is 2. The summed E-state index contributed by atoms with van der Waals surface area (Å²) < 4.78 is 13.2. The zero-order valence-electron chi connectivity index (χ0n) is 18.1. The van der Waals surface area contributed by atoms with E-state index in [1.54, 1.807) is 0 Å². The Balaban J connectivity index is 1.57. The minimum absolute atomic E-state index is 0.147. The first kappa shape index (κ1) is 21.6. The van der Waals surface area contributed by atoms with Gasteiger partial charge in [-0.15, -0.1) is 0 Å². The summed E-state index contributed by atoms with van der Waals surface area (Å²) in [6.07, 6.45) is 4.70. The van der Waals surface area contributed by atoms with Crippen LogP contribution in [0, 0.1) is 0 Å². The second kappa shape index (κ2) is 10.6. The van der Waals surface area contributed by atoms with E-state index in [4.69, 9.17) is 9.47 Å². The molecule has 0 aliphatic carbocycles. The van der Waals surface area contributed by atoms with E-state index in [9.17, 15) is 4.79 Å². The summed E-state index contributed by atoms with van der Waals surface area (Å²) in [4.78, 5) is 16.2. The van der Waals surface area contributed by atoms with Crippen LogP contribution in [0.15, 0.2) is 54.7 Å². The molecule has 1 aromatic heterocycles. The van der Waals surface area contributed by atoms with Gasteiger partial charge in [0.1, 0.15) is 11.6 Å². The van der Waals surface area contributed by atoms with Gasteiger partial charge < -0.3 is 14.0 Å². The summed E-state index contributed by atoms with van der Waals surface area (Å²) in [5, 5.41) is 0. The molecule has 158 valence electrons. The fraction of sp³-hybridized carbons (Fsp3) is 0.360. The highest BCUT2D eigenvalue weighted by Crippen LogP contribution is 2.21. The highest BCUT2D eigenvalue weighted by molar-refractivity contribution is 5.69. The third-order valence-electron chi connectivity index (χ3n) is 5.21. The molecule has 1 heterocycles. The van der Waals surface area contributed by atoms with Crippen molar-refractivity contribution in [3.05, 3.63) is 71.5 Å². The molecule has 0 amide bonds. The Morgan fingerprint density at radius 2 is 1.83 bits per heavy atom. The normalized spacial score (nSPS) is 10.8. The van der Waals surface area contributed by atoms with Crippen molar-refractivity contribution in [1.29, 1.82) is 0 Å². The third-order valence-corrected chi connectivity index (χ3v) is 5.21. The Morgan fingerprint density at radius 1 is 1.03 bits per heavy atom. The van der Waals surface area contributed by atoms with Crippen LogP contribution >= 0.6 is 0 Å². The van der Waals surface area contributed by atoms with Crippen LogP contribution in [0.5, 0.6) is 5.75 Å². The first-order valence-corrected chi connectivity index (χ1v) is 10.6. The molecular weight excluding hydrogens is 376 g/mol. The van der Waals surface area contributed by atoms with Gasteiger partial charge in [0, 0.05) is 37.3 Å². The molecular formula is C25H30N2O3. The minimum atomic E-state index is -0.147. The molecule has 0 aliphatic heterocycles. The molecule has 5 heteroatoms. The van der Waals surface area contributed by atoms with E-state index in [1.165, 1.54) is 11.1 Å². The monoisotopic (exact) mass is 406 g/mol. The Morgan fingerprint density at radius 3 is 2.57 bits per heavy atom. The number of ether oxygens (including phenoxy) is 2. The Labute approximate surface area is 178 Å². The molecule has 2 aromatic carbocycles. The van der Waals surface area contributed by atoms with Crippen molar-refractivity contribution >= 4 is 5.97 Å². The SMILES string of the molecule is CCOC(=O)CCc1ccc(OCCc2cnc(-c3ccccc3)n2C)cc1CC. The first-order valence-electron chi connectivity index (χ1n) is 10.6. The lowest BCUT2D eigenvalue weighted by molar-refractivity contribution is -0.143. The summed E-state index contributed by atoms with van der Waals surface area (Å²) in [6, 6.07) is 16.3. The number of imidazole rings is 1. The van der Waals surface area contributed by atoms with E-state index in [0.717, 1.165) is 35.7 Å². The first-order chi connectivity index (χ1) is 14.6. The number of nitrogens with zero attached hydrogens (tertiary/aromatic N) is 2. The van der Waals surface area contributed by atoms with Gasteiger partial charge in [-0.3, -0.25) is 4.79 Å². The second-order valence-corrected chi connectivity index (χ2v) is 7.19. The standard InChI is InChI=1S/C25H30N2O3/c1-4-19-17-23(13-11-20(19)12-14-24(28)29-5-2)30-16-15-22-18-26-25(27(22)3)21-9-7-6-8-10-21/h6-11,13,17-18H,4-5,12,14-16H2,1-3H3. The van der Waals surface area contributed by atoms with Crippen molar-refractivity contribution in [1.82, 2.24) is 9.55 Å². The fourth-order valence-electron chi connectivity index (χ4n) is 3.54. The largest absolute Gasteiger partial charge is 0.493 e. The predicted octanol–water partition coefficient (Wildman–Crippen LogP) is 4.77. The Bertz CT molecular complexity index is 964. The van der Waals surface area contributed by atoms with E-state index >= 15 is 0 Å². The van der Waals surface area contributed by atoms with Crippen molar-refractivity contribution in [3.8, 4) is 17.1 Å². The van der Waals surface area contributed by atoms with Crippen LogP contribution in [0.2, 0.25) is 0 Å². The lowest BCUT2D eigenvalue weighted by atomic mass is 10.0. The lowest BCUT2D eigenvalue weighted by Crippen LogP contribution is -2.07. The van der Waals surface area contributed by atoms with Gasteiger partial charge in [0.05, 0.1) is 13.2 Å². The Kier molecular flexibility index (Phi) is 7.66. The smallest absolute Gasteiger partial charge is 0.306 e. The summed E-state index contributed by atoms with van der Waals surface area (Å²) in [7, 11) is 2.04. The molecule has 30 heavy (non-hydrogen) atoms. The molecule has 0 atom stereocenters. The number of rotatable bonds is 10. The number of aromatic nitrogens is 2. The number of hydrogen-bond donors (Lipinski definition) is 0. The summed E-state index contributed by atoms with van der Waals surface area (Å²) in [5.74, 6) is 1.67. The maximum absolute atomic E-state index is 11.6. The van der Waals surface area contributed by atoms with E-state index in [1.807, 2.05) is 44.4 Å². The predicted molar refractivity (Wildman–Crippen MR) is 119 cm³/mol. The average Bonchev–Trinajstić information content (AvgIpc) is 3.13. The van der Waals surface area contributed by atoms with Crippen molar-refractivity contribution < 1.29 is 14.3 Å². The number of carbonyl (C=O) groups is 1. The topological polar surface area (TPSA) is 53.4 Å². The van der Waals surface area contributed by atoms with Gasteiger partial charge in [0.25, 0.3) is 0 Å². The molecule has 3 rings (SSSR count). The summed E-state index contributed by atoms with van der Waals surface area (Å²) in [5.41, 5.74) is 4.63. The highest BCUT2D eigenvalue weighted by atomic mass is 16.5. The molecule has 3 aromatic rings. The maximum atomic E-state index is 11.6. The number of hydrogen-bond acceptors (Lipinski definition) is 4. The van der Waals surface area contributed by atoms with Gasteiger partial charge in [0.2, 0.25) is 0 Å². The van der Waals surface area contributed by atoms with Gasteiger partial charge in [-0.1, -0.05) is 43.3 Å². The van der Waals surface area contributed by atoms with Gasteiger partial charge in [-0.25, -0.2) is 4.98 Å².